The van der Waals surface area contributed by atoms with Crippen molar-refractivity contribution < 1.29 is 13.9 Å². The van der Waals surface area contributed by atoms with E-state index in [1.54, 1.807) is 44.2 Å². The summed E-state index contributed by atoms with van der Waals surface area (Å²) in [4.78, 5) is 31.7. The molecule has 2 aromatic heterocycles. The van der Waals surface area contributed by atoms with E-state index in [0.717, 1.165) is 20.1 Å². The molecule has 1 aliphatic heterocycles. The number of allylic oxidation sites excluding steroid dienone is 1. The number of carbonyl (C=O) groups is 1. The first-order valence-electron chi connectivity index (χ1n) is 11.3. The number of aromatic nitrogens is 1. The monoisotopic (exact) mass is 660 g/mol. The van der Waals surface area contributed by atoms with Crippen LogP contribution in [0.1, 0.15) is 31.2 Å². The zero-order valence-electron chi connectivity index (χ0n) is 19.6. The van der Waals surface area contributed by atoms with Gasteiger partial charge in [0.05, 0.1) is 28.5 Å². The molecule has 0 N–H and O–H groups in total. The Labute approximate surface area is 237 Å². The summed E-state index contributed by atoms with van der Waals surface area (Å²) in [5, 5.41) is 0.556. The molecule has 0 unspecified atom stereocenters. The third-order valence-corrected chi connectivity index (χ3v) is 8.22. The average Bonchev–Trinajstić information content (AvgIpc) is 3.45. The summed E-state index contributed by atoms with van der Waals surface area (Å²) in [5.41, 5.74) is 2.16. The van der Waals surface area contributed by atoms with Gasteiger partial charge in [0.1, 0.15) is 11.5 Å². The number of esters is 1. The molecule has 5 rings (SSSR count). The van der Waals surface area contributed by atoms with E-state index >= 15 is 0 Å². The molecule has 0 bridgehead atoms. The van der Waals surface area contributed by atoms with Gasteiger partial charge in [-0.3, -0.25) is 9.36 Å². The molecular weight excluding hydrogens is 644 g/mol. The number of hydrogen-bond acceptors (Lipinski definition) is 6. The minimum Gasteiger partial charge on any atom is -0.463 e. The maximum absolute atomic E-state index is 13.7. The third-order valence-electron chi connectivity index (χ3n) is 5.80. The van der Waals surface area contributed by atoms with Crippen LogP contribution >= 0.6 is 54.8 Å². The van der Waals surface area contributed by atoms with E-state index < -0.39 is 12.0 Å². The molecule has 0 spiro atoms. The van der Waals surface area contributed by atoms with Gasteiger partial charge in [-0.05, 0) is 61.9 Å². The highest BCUT2D eigenvalue weighted by molar-refractivity contribution is 9.11. The number of carbonyl (C=O) groups excluding carboxylic acids is 1. The lowest BCUT2D eigenvalue weighted by molar-refractivity contribution is -0.139. The van der Waals surface area contributed by atoms with Crippen molar-refractivity contribution in [1.82, 2.24) is 4.57 Å². The lowest BCUT2D eigenvalue weighted by atomic mass is 9.96. The predicted octanol–water partition coefficient (Wildman–Crippen LogP) is 6.24. The average molecular weight is 663 g/mol. The highest BCUT2D eigenvalue weighted by Crippen LogP contribution is 2.33. The van der Waals surface area contributed by atoms with Crippen LogP contribution in [0, 0.1) is 0 Å². The van der Waals surface area contributed by atoms with Crippen LogP contribution in [0.5, 0.6) is 0 Å². The Morgan fingerprint density at radius 2 is 1.95 bits per heavy atom. The fraction of sp³-hybridized carbons (Fsp3) is 0.148. The number of fused-ring (bicyclic) bond motifs is 1. The van der Waals surface area contributed by atoms with Crippen molar-refractivity contribution in [2.45, 2.75) is 19.9 Å². The van der Waals surface area contributed by atoms with Gasteiger partial charge in [-0.25, -0.2) is 9.79 Å². The molecule has 0 fully saturated rings. The molecule has 0 radical (unpaired) electrons. The zero-order chi connectivity index (χ0) is 26.3. The van der Waals surface area contributed by atoms with Crippen LogP contribution in [0.25, 0.3) is 17.4 Å². The van der Waals surface area contributed by atoms with Gasteiger partial charge in [0.25, 0.3) is 5.56 Å². The van der Waals surface area contributed by atoms with Crippen molar-refractivity contribution in [3.05, 3.63) is 111 Å². The van der Waals surface area contributed by atoms with Gasteiger partial charge in [0.2, 0.25) is 0 Å². The molecular formula is C27H19Br2ClN2O4S. The summed E-state index contributed by atoms with van der Waals surface area (Å²) in [7, 11) is 0. The van der Waals surface area contributed by atoms with Crippen LogP contribution in [-0.2, 0) is 9.53 Å². The fourth-order valence-corrected chi connectivity index (χ4v) is 6.10. The predicted molar refractivity (Wildman–Crippen MR) is 151 cm³/mol. The number of nitrogens with zero attached hydrogens (tertiary/aromatic N) is 2. The van der Waals surface area contributed by atoms with Crippen LogP contribution in [0.4, 0.5) is 0 Å². The van der Waals surface area contributed by atoms with Gasteiger partial charge in [-0.1, -0.05) is 66.9 Å². The number of benzene rings is 2. The highest BCUT2D eigenvalue weighted by Gasteiger charge is 2.33. The first-order valence-corrected chi connectivity index (χ1v) is 14.0. The number of hydrogen-bond donors (Lipinski definition) is 0. The summed E-state index contributed by atoms with van der Waals surface area (Å²) in [5.74, 6) is 0.677. The van der Waals surface area contributed by atoms with Crippen molar-refractivity contribution in [2.75, 3.05) is 6.61 Å². The van der Waals surface area contributed by atoms with Gasteiger partial charge in [-0.2, -0.15) is 0 Å². The quantitative estimate of drug-likeness (QED) is 0.238. The summed E-state index contributed by atoms with van der Waals surface area (Å²) < 4.78 is 15.2. The summed E-state index contributed by atoms with van der Waals surface area (Å²) in [6.45, 7) is 3.70. The van der Waals surface area contributed by atoms with Crippen molar-refractivity contribution >= 4 is 66.8 Å². The Hall–Kier alpha value is -2.72. The Morgan fingerprint density at radius 1 is 1.19 bits per heavy atom. The van der Waals surface area contributed by atoms with Crippen LogP contribution in [0.3, 0.4) is 0 Å². The zero-order valence-corrected chi connectivity index (χ0v) is 24.4. The van der Waals surface area contributed by atoms with Gasteiger partial charge >= 0.3 is 5.97 Å². The Bertz CT molecular complexity index is 1730. The molecule has 1 atom stereocenters. The van der Waals surface area contributed by atoms with E-state index in [2.05, 4.69) is 36.9 Å². The van der Waals surface area contributed by atoms with E-state index in [9.17, 15) is 9.59 Å². The molecule has 6 nitrogen and oxygen atoms in total. The third kappa shape index (κ3) is 5.05. The van der Waals surface area contributed by atoms with Gasteiger partial charge in [0, 0.05) is 25.6 Å². The van der Waals surface area contributed by atoms with Crippen LogP contribution in [0.2, 0.25) is 5.02 Å². The van der Waals surface area contributed by atoms with Crippen LogP contribution in [-0.4, -0.2) is 17.1 Å². The molecule has 10 heteroatoms. The molecule has 2 aromatic carbocycles. The normalized spacial score (nSPS) is 15.5. The topological polar surface area (TPSA) is 73.8 Å². The van der Waals surface area contributed by atoms with Crippen LogP contribution < -0.4 is 14.9 Å². The molecule has 3 heterocycles. The summed E-state index contributed by atoms with van der Waals surface area (Å²) in [6, 6.07) is 15.9. The van der Waals surface area contributed by atoms with E-state index in [4.69, 9.17) is 20.8 Å². The largest absolute Gasteiger partial charge is 0.463 e. The number of thiazole rings is 1. The first-order chi connectivity index (χ1) is 17.8. The van der Waals surface area contributed by atoms with Gasteiger partial charge < -0.3 is 9.15 Å². The minimum absolute atomic E-state index is 0.211. The SMILES string of the molecule is CCOC(=O)C1=C(C)N=c2s/c(=C/c3ccc(-c4cc(Br)ccc4Br)o3)c(=O)n2[C@H]1c1ccc(Cl)cc1. The van der Waals surface area contributed by atoms with Gasteiger partial charge in [0.15, 0.2) is 4.80 Å². The molecule has 1 aliphatic rings. The molecule has 37 heavy (non-hydrogen) atoms. The standard InChI is InChI=1S/C27H19Br2ClN2O4S/c1-3-35-26(34)23-14(2)31-27-32(24(23)15-4-7-17(30)8-5-15)25(33)22(37-27)13-18-9-11-21(36-18)19-12-16(28)6-10-20(19)29/h4-13,24H,3H2,1-2H3/b22-13+/t24-/m0/s1. The Balaban J connectivity index is 1.64. The van der Waals surface area contributed by atoms with E-state index in [0.29, 0.717) is 37.1 Å². The van der Waals surface area contributed by atoms with Crippen LogP contribution in [0.15, 0.2) is 89.0 Å². The van der Waals surface area contributed by atoms with Crippen molar-refractivity contribution in [3.63, 3.8) is 0 Å². The Kier molecular flexibility index (Phi) is 7.40. The van der Waals surface area contributed by atoms with Crippen molar-refractivity contribution in [1.29, 1.82) is 0 Å². The van der Waals surface area contributed by atoms with E-state index in [1.807, 2.05) is 30.3 Å². The minimum atomic E-state index is -0.695. The van der Waals surface area contributed by atoms with E-state index in [-0.39, 0.29) is 12.2 Å². The number of furan rings is 1. The lowest BCUT2D eigenvalue weighted by Gasteiger charge is -2.24. The maximum Gasteiger partial charge on any atom is 0.338 e. The number of halogens is 3. The second-order valence-electron chi connectivity index (χ2n) is 8.18. The maximum atomic E-state index is 13.7. The van der Waals surface area contributed by atoms with E-state index in [1.165, 1.54) is 15.9 Å². The molecule has 0 amide bonds. The van der Waals surface area contributed by atoms with Crippen molar-refractivity contribution in [2.24, 2.45) is 4.99 Å². The second kappa shape index (κ2) is 10.6. The van der Waals surface area contributed by atoms with Gasteiger partial charge in [-0.15, -0.1) is 0 Å². The highest BCUT2D eigenvalue weighted by atomic mass is 79.9. The molecule has 0 saturated heterocycles. The second-order valence-corrected chi connectivity index (χ2v) is 11.4. The first kappa shape index (κ1) is 25.9. The molecule has 0 aliphatic carbocycles. The number of rotatable bonds is 5. The number of ether oxygens (including phenoxy) is 1. The van der Waals surface area contributed by atoms with Crippen molar-refractivity contribution in [3.8, 4) is 11.3 Å². The molecule has 4 aromatic rings. The summed E-state index contributed by atoms with van der Waals surface area (Å²) in [6.07, 6.45) is 1.70. The smallest absolute Gasteiger partial charge is 0.338 e. The fourth-order valence-electron chi connectivity index (χ4n) is 4.14. The lowest BCUT2D eigenvalue weighted by Crippen LogP contribution is -2.39. The summed E-state index contributed by atoms with van der Waals surface area (Å²) >= 11 is 14.4. The molecule has 0 saturated carbocycles. The molecule has 188 valence electrons. The Morgan fingerprint density at radius 3 is 2.68 bits per heavy atom.